The Morgan fingerprint density at radius 2 is 1.91 bits per heavy atom. The van der Waals surface area contributed by atoms with Crippen molar-refractivity contribution in [2.75, 3.05) is 7.11 Å². The molecule has 1 N–H and O–H groups in total. The summed E-state index contributed by atoms with van der Waals surface area (Å²) >= 11 is 2.49. The summed E-state index contributed by atoms with van der Waals surface area (Å²) in [7, 11) is 1.55. The molecule has 2 rings (SSSR count). The number of benzene rings is 1. The van der Waals surface area contributed by atoms with Crippen molar-refractivity contribution in [1.29, 1.82) is 0 Å². The molecule has 0 spiro atoms. The molecule has 0 fully saturated rings. The van der Waals surface area contributed by atoms with Gasteiger partial charge in [0.25, 0.3) is 0 Å². The molecule has 0 amide bonds. The summed E-state index contributed by atoms with van der Waals surface area (Å²) < 4.78 is 50.3. The first kappa shape index (κ1) is 17.5. The Morgan fingerprint density at radius 1 is 1.18 bits per heavy atom. The van der Waals surface area contributed by atoms with Crippen LogP contribution in [0.4, 0.5) is 13.2 Å². The molecule has 0 bridgehead atoms. The van der Waals surface area contributed by atoms with Gasteiger partial charge in [-0.1, -0.05) is 18.2 Å². The Kier molecular flexibility index (Phi) is 6.45. The summed E-state index contributed by atoms with van der Waals surface area (Å²) in [6.07, 6.45) is -0.378. The molecule has 120 valence electrons. The van der Waals surface area contributed by atoms with E-state index in [9.17, 15) is 13.2 Å². The fourth-order valence-electron chi connectivity index (χ4n) is 1.48. The second-order valence-electron chi connectivity index (χ2n) is 3.95. The van der Waals surface area contributed by atoms with Crippen LogP contribution in [0.25, 0.3) is 0 Å². The predicted octanol–water partition coefficient (Wildman–Crippen LogP) is 5.24. The maximum atomic E-state index is 12.0. The maximum Gasteiger partial charge on any atom is 0.479 e. The number of thiophene rings is 1. The van der Waals surface area contributed by atoms with Crippen molar-refractivity contribution in [3.8, 4) is 5.75 Å². The zero-order valence-corrected chi connectivity index (χ0v) is 13.7. The van der Waals surface area contributed by atoms with E-state index in [0.717, 1.165) is 9.77 Å². The number of rotatable bonds is 7. The number of methoxy groups -OCH3 is 1. The molecule has 3 nitrogen and oxygen atoms in total. The van der Waals surface area contributed by atoms with Crippen LogP contribution in [-0.4, -0.2) is 12.6 Å². The average molecular weight is 367 g/mol. The van der Waals surface area contributed by atoms with Crippen molar-refractivity contribution in [3.63, 3.8) is 0 Å². The topological polar surface area (TPSA) is 30.5 Å². The Morgan fingerprint density at radius 3 is 2.45 bits per heavy atom. The molecular formula is C13H12F3NO2S3. The third-order valence-electron chi connectivity index (χ3n) is 2.41. The highest BCUT2D eigenvalue weighted by molar-refractivity contribution is 7.99. The van der Waals surface area contributed by atoms with E-state index in [4.69, 9.17) is 4.74 Å². The van der Waals surface area contributed by atoms with Gasteiger partial charge in [-0.3, -0.25) is 0 Å². The number of ether oxygens (including phenoxy) is 1. The van der Waals surface area contributed by atoms with Crippen molar-refractivity contribution in [2.45, 2.75) is 15.9 Å². The van der Waals surface area contributed by atoms with Crippen LogP contribution in [0.2, 0.25) is 0 Å². The van der Waals surface area contributed by atoms with Crippen LogP contribution in [0, 0.1) is 0 Å². The standard InChI is InChI=1S/C13H12F3NO2S3/c1-18-12(17-21-11-3-2-8-20-11)9-4-6-10(7-5-9)19-22-13(14,15)16/h2-8,12,17H,1H3. The number of alkyl halides is 3. The number of halogens is 3. The van der Waals surface area contributed by atoms with E-state index in [1.165, 1.54) is 24.1 Å². The number of hydrogen-bond acceptors (Lipinski definition) is 6. The maximum absolute atomic E-state index is 12.0. The normalized spacial score (nSPS) is 13.1. The van der Waals surface area contributed by atoms with Gasteiger partial charge in [0.05, 0.1) is 4.21 Å². The molecule has 9 heteroatoms. The minimum absolute atomic E-state index is 0.131. The molecule has 1 heterocycles. The van der Waals surface area contributed by atoms with Gasteiger partial charge in [0, 0.05) is 7.11 Å². The monoisotopic (exact) mass is 367 g/mol. The molecule has 1 aromatic heterocycles. The van der Waals surface area contributed by atoms with Crippen molar-refractivity contribution < 1.29 is 22.1 Å². The van der Waals surface area contributed by atoms with Crippen LogP contribution in [0.3, 0.4) is 0 Å². The summed E-state index contributed by atoms with van der Waals surface area (Å²) in [6, 6.07) is 10.2. The summed E-state index contributed by atoms with van der Waals surface area (Å²) in [5.74, 6) is 0.131. The first-order valence-electron chi connectivity index (χ1n) is 5.99. The van der Waals surface area contributed by atoms with Gasteiger partial charge in [-0.2, -0.15) is 13.2 Å². The SMILES string of the molecule is COC(NSc1cccs1)c1ccc(OSC(F)(F)F)cc1. The van der Waals surface area contributed by atoms with Crippen LogP contribution in [0.1, 0.15) is 11.8 Å². The molecule has 0 aliphatic heterocycles. The van der Waals surface area contributed by atoms with Crippen LogP contribution < -0.4 is 8.91 Å². The second-order valence-corrected chi connectivity index (χ2v) is 6.83. The summed E-state index contributed by atoms with van der Waals surface area (Å²) in [5.41, 5.74) is -3.64. The molecule has 0 radical (unpaired) electrons. The molecule has 0 saturated carbocycles. The van der Waals surface area contributed by atoms with Gasteiger partial charge < -0.3 is 8.92 Å². The van der Waals surface area contributed by atoms with Crippen LogP contribution in [0.5, 0.6) is 5.75 Å². The smallest absolute Gasteiger partial charge is 0.417 e. The zero-order chi connectivity index (χ0) is 16.0. The highest BCUT2D eigenvalue weighted by atomic mass is 32.2. The highest BCUT2D eigenvalue weighted by Gasteiger charge is 2.31. The lowest BCUT2D eigenvalue weighted by atomic mass is 10.2. The average Bonchev–Trinajstić information content (AvgIpc) is 2.99. The van der Waals surface area contributed by atoms with Gasteiger partial charge in [0.1, 0.15) is 12.0 Å². The largest absolute Gasteiger partial charge is 0.479 e. The third-order valence-corrected chi connectivity index (χ3v) is 4.75. The van der Waals surface area contributed by atoms with Gasteiger partial charge in [-0.25, -0.2) is 4.72 Å². The van der Waals surface area contributed by atoms with E-state index in [-0.39, 0.29) is 12.0 Å². The Labute approximate surface area is 138 Å². The van der Waals surface area contributed by atoms with Gasteiger partial charge in [0.2, 0.25) is 0 Å². The van der Waals surface area contributed by atoms with E-state index >= 15 is 0 Å². The van der Waals surface area contributed by atoms with Crippen molar-refractivity contribution in [1.82, 2.24) is 4.72 Å². The fourth-order valence-corrected chi connectivity index (χ4v) is 3.33. The lowest BCUT2D eigenvalue weighted by Gasteiger charge is -2.16. The summed E-state index contributed by atoms with van der Waals surface area (Å²) in [5, 5.41) is 1.97. The van der Waals surface area contributed by atoms with Gasteiger partial charge >= 0.3 is 5.51 Å². The zero-order valence-electron chi connectivity index (χ0n) is 11.3. The van der Waals surface area contributed by atoms with Gasteiger partial charge in [-0.05, 0) is 41.1 Å². The first-order chi connectivity index (χ1) is 10.5. The van der Waals surface area contributed by atoms with Crippen molar-refractivity contribution in [3.05, 3.63) is 47.3 Å². The van der Waals surface area contributed by atoms with E-state index in [2.05, 4.69) is 8.91 Å². The highest BCUT2D eigenvalue weighted by Crippen LogP contribution is 2.33. The molecule has 0 saturated heterocycles. The number of hydrogen-bond donors (Lipinski definition) is 1. The Hall–Kier alpha value is -0.870. The predicted molar refractivity (Wildman–Crippen MR) is 83.8 cm³/mol. The lowest BCUT2D eigenvalue weighted by Crippen LogP contribution is -2.15. The first-order valence-corrected chi connectivity index (χ1v) is 8.43. The molecule has 0 aliphatic carbocycles. The quantitative estimate of drug-likeness (QED) is 0.411. The minimum Gasteiger partial charge on any atom is -0.417 e. The lowest BCUT2D eigenvalue weighted by molar-refractivity contribution is -0.0369. The van der Waals surface area contributed by atoms with E-state index in [1.54, 1.807) is 30.6 Å². The fraction of sp³-hybridized carbons (Fsp3) is 0.231. The van der Waals surface area contributed by atoms with Crippen LogP contribution >= 0.6 is 35.3 Å². The Bertz CT molecular complexity index is 561. The van der Waals surface area contributed by atoms with Crippen molar-refractivity contribution >= 4 is 35.3 Å². The minimum atomic E-state index is -4.42. The van der Waals surface area contributed by atoms with Gasteiger partial charge in [-0.15, -0.1) is 11.3 Å². The summed E-state index contributed by atoms with van der Waals surface area (Å²) in [6.45, 7) is 0. The third kappa shape index (κ3) is 5.73. The van der Waals surface area contributed by atoms with Crippen LogP contribution in [0.15, 0.2) is 46.0 Å². The van der Waals surface area contributed by atoms with Gasteiger partial charge in [0.15, 0.2) is 12.0 Å². The summed E-state index contributed by atoms with van der Waals surface area (Å²) in [4.78, 5) is 0. The molecule has 1 atom stereocenters. The molecule has 22 heavy (non-hydrogen) atoms. The molecule has 0 aliphatic rings. The van der Waals surface area contributed by atoms with E-state index in [1.807, 2.05) is 17.5 Å². The second kappa shape index (κ2) is 8.11. The molecular weight excluding hydrogens is 355 g/mol. The van der Waals surface area contributed by atoms with E-state index < -0.39 is 17.6 Å². The van der Waals surface area contributed by atoms with E-state index in [0.29, 0.717) is 0 Å². The molecule has 2 aromatic rings. The molecule has 1 unspecified atom stereocenters. The molecule has 1 aromatic carbocycles. The van der Waals surface area contributed by atoms with Crippen LogP contribution in [-0.2, 0) is 4.74 Å². The van der Waals surface area contributed by atoms with Crippen molar-refractivity contribution in [2.24, 2.45) is 0 Å². The Balaban J connectivity index is 1.92. The number of nitrogens with one attached hydrogen (secondary N) is 1.